The van der Waals surface area contributed by atoms with Gasteiger partial charge in [0.05, 0.1) is 11.0 Å². The number of nitrogens with zero attached hydrogens (tertiary/aromatic N) is 1. The summed E-state index contributed by atoms with van der Waals surface area (Å²) in [5, 5.41) is 1.02. The first-order chi connectivity index (χ1) is 8.29. The van der Waals surface area contributed by atoms with E-state index in [2.05, 4.69) is 35.1 Å². The summed E-state index contributed by atoms with van der Waals surface area (Å²) in [5.41, 5.74) is 3.45. The Bertz CT molecular complexity index is 481. The van der Waals surface area contributed by atoms with Crippen LogP contribution in [0.2, 0.25) is 0 Å². The van der Waals surface area contributed by atoms with Crippen LogP contribution in [-0.2, 0) is 0 Å². The van der Waals surface area contributed by atoms with Crippen molar-refractivity contribution in [2.24, 2.45) is 0 Å². The molecule has 92 valence electrons. The third-order valence-electron chi connectivity index (χ3n) is 2.63. The minimum atomic E-state index is 0.772. The lowest BCUT2D eigenvalue weighted by molar-refractivity contribution is 0.782. The van der Waals surface area contributed by atoms with E-state index in [0.29, 0.717) is 0 Å². The molecule has 2 rings (SSSR count). The van der Waals surface area contributed by atoms with Crippen molar-refractivity contribution >= 4 is 34.4 Å². The van der Waals surface area contributed by atoms with Gasteiger partial charge in [0.1, 0.15) is 0 Å². The van der Waals surface area contributed by atoms with Crippen molar-refractivity contribution < 1.29 is 0 Å². The van der Waals surface area contributed by atoms with Crippen molar-refractivity contribution in [3.63, 3.8) is 0 Å². The molecule has 1 aromatic heterocycles. The van der Waals surface area contributed by atoms with Gasteiger partial charge in [0, 0.05) is 11.6 Å². The number of hydrogen-bond donors (Lipinski definition) is 1. The second kappa shape index (κ2) is 6.31. The van der Waals surface area contributed by atoms with E-state index in [4.69, 9.17) is 11.6 Å². The second-order valence-corrected chi connectivity index (χ2v) is 5.62. The van der Waals surface area contributed by atoms with Gasteiger partial charge in [-0.05, 0) is 37.5 Å². The van der Waals surface area contributed by atoms with Crippen LogP contribution in [0.4, 0.5) is 0 Å². The number of benzene rings is 1. The Morgan fingerprint density at radius 1 is 1.29 bits per heavy atom. The van der Waals surface area contributed by atoms with Crippen LogP contribution in [0.3, 0.4) is 0 Å². The number of alkyl halides is 1. The third kappa shape index (κ3) is 3.65. The highest BCUT2D eigenvalue weighted by Crippen LogP contribution is 2.21. The number of fused-ring (bicyclic) bond motifs is 1. The molecule has 0 aliphatic carbocycles. The van der Waals surface area contributed by atoms with Crippen molar-refractivity contribution in [2.45, 2.75) is 31.3 Å². The molecule has 1 aromatic carbocycles. The molecule has 0 spiro atoms. The van der Waals surface area contributed by atoms with Gasteiger partial charge in [0.2, 0.25) is 0 Å². The molecule has 1 N–H and O–H groups in total. The molecule has 0 amide bonds. The fraction of sp³-hybridized carbons (Fsp3) is 0.462. The number of unbranched alkanes of at least 4 members (excludes halogenated alkanes) is 2. The minimum Gasteiger partial charge on any atom is -0.333 e. The van der Waals surface area contributed by atoms with Gasteiger partial charge in [-0.15, -0.1) is 11.6 Å². The molecule has 0 aliphatic heterocycles. The predicted octanol–water partition coefficient (Wildman–Crippen LogP) is 4.37. The lowest BCUT2D eigenvalue weighted by Gasteiger charge is -1.96. The smallest absolute Gasteiger partial charge is 0.166 e. The number of thioether (sulfide) groups is 1. The Hall–Kier alpha value is -0.670. The highest BCUT2D eigenvalue weighted by atomic mass is 35.5. The highest BCUT2D eigenvalue weighted by Gasteiger charge is 2.02. The zero-order chi connectivity index (χ0) is 12.1. The number of nitrogens with one attached hydrogen (secondary N) is 1. The number of rotatable bonds is 6. The monoisotopic (exact) mass is 268 g/mol. The largest absolute Gasteiger partial charge is 0.333 e. The molecule has 2 aromatic rings. The summed E-state index contributed by atoms with van der Waals surface area (Å²) in [6, 6.07) is 6.30. The normalized spacial score (nSPS) is 11.2. The van der Waals surface area contributed by atoms with Gasteiger partial charge in [0.15, 0.2) is 5.16 Å². The lowest BCUT2D eigenvalue weighted by atomic mass is 10.2. The van der Waals surface area contributed by atoms with Gasteiger partial charge in [-0.2, -0.15) is 0 Å². The molecule has 0 aliphatic rings. The standard InChI is InChI=1S/C13H17ClN2S/c1-10-5-6-11-12(9-10)16-13(15-11)17-8-4-2-3-7-14/h5-6,9H,2-4,7-8H2,1H3,(H,15,16). The molecular formula is C13H17ClN2S. The van der Waals surface area contributed by atoms with Gasteiger partial charge in [-0.1, -0.05) is 24.2 Å². The molecule has 0 radical (unpaired) electrons. The minimum absolute atomic E-state index is 0.772. The molecule has 4 heteroatoms. The maximum atomic E-state index is 5.64. The van der Waals surface area contributed by atoms with Gasteiger partial charge >= 0.3 is 0 Å². The first-order valence-electron chi connectivity index (χ1n) is 5.95. The summed E-state index contributed by atoms with van der Waals surface area (Å²) in [4.78, 5) is 7.91. The van der Waals surface area contributed by atoms with Crippen LogP contribution in [0.5, 0.6) is 0 Å². The van der Waals surface area contributed by atoms with Crippen LogP contribution in [0, 0.1) is 6.92 Å². The van der Waals surface area contributed by atoms with E-state index in [1.807, 2.05) is 0 Å². The number of aromatic amines is 1. The Balaban J connectivity index is 1.91. The molecule has 0 atom stereocenters. The van der Waals surface area contributed by atoms with E-state index < -0.39 is 0 Å². The number of H-pyrrole nitrogens is 1. The number of halogens is 1. The average Bonchev–Trinajstić information content (AvgIpc) is 2.70. The van der Waals surface area contributed by atoms with Crippen LogP contribution >= 0.6 is 23.4 Å². The highest BCUT2D eigenvalue weighted by molar-refractivity contribution is 7.99. The summed E-state index contributed by atoms with van der Waals surface area (Å²) in [5.74, 6) is 1.88. The van der Waals surface area contributed by atoms with Crippen LogP contribution in [0.15, 0.2) is 23.4 Å². The number of aromatic nitrogens is 2. The number of hydrogen-bond acceptors (Lipinski definition) is 2. The van der Waals surface area contributed by atoms with Crippen LogP contribution in [0.1, 0.15) is 24.8 Å². The number of imidazole rings is 1. The molecule has 0 fully saturated rings. The molecular weight excluding hydrogens is 252 g/mol. The predicted molar refractivity (Wildman–Crippen MR) is 76.1 cm³/mol. The van der Waals surface area contributed by atoms with Crippen molar-refractivity contribution in [2.75, 3.05) is 11.6 Å². The van der Waals surface area contributed by atoms with Crippen LogP contribution < -0.4 is 0 Å². The van der Waals surface area contributed by atoms with E-state index in [1.165, 1.54) is 18.4 Å². The van der Waals surface area contributed by atoms with E-state index in [1.54, 1.807) is 11.8 Å². The van der Waals surface area contributed by atoms with Gasteiger partial charge < -0.3 is 4.98 Å². The Morgan fingerprint density at radius 3 is 3.00 bits per heavy atom. The van der Waals surface area contributed by atoms with E-state index >= 15 is 0 Å². The molecule has 0 unspecified atom stereocenters. The average molecular weight is 269 g/mol. The van der Waals surface area contributed by atoms with E-state index in [0.717, 1.165) is 34.2 Å². The first kappa shape index (κ1) is 12.8. The maximum absolute atomic E-state index is 5.64. The number of aryl methyl sites for hydroxylation is 1. The van der Waals surface area contributed by atoms with Gasteiger partial charge in [-0.3, -0.25) is 0 Å². The Morgan fingerprint density at radius 2 is 2.18 bits per heavy atom. The summed E-state index contributed by atoms with van der Waals surface area (Å²) in [6.07, 6.45) is 3.52. The second-order valence-electron chi connectivity index (χ2n) is 4.16. The maximum Gasteiger partial charge on any atom is 0.166 e. The SMILES string of the molecule is Cc1ccc2nc(SCCCCCCl)[nH]c2c1. The third-order valence-corrected chi connectivity index (χ3v) is 3.86. The molecule has 0 saturated carbocycles. The van der Waals surface area contributed by atoms with Crippen molar-refractivity contribution in [1.82, 2.24) is 9.97 Å². The summed E-state index contributed by atoms with van der Waals surface area (Å²) in [7, 11) is 0. The van der Waals surface area contributed by atoms with Gasteiger partial charge in [-0.25, -0.2) is 4.98 Å². The molecule has 1 heterocycles. The zero-order valence-electron chi connectivity index (χ0n) is 10.0. The van der Waals surface area contributed by atoms with E-state index in [9.17, 15) is 0 Å². The van der Waals surface area contributed by atoms with Crippen LogP contribution in [0.25, 0.3) is 11.0 Å². The van der Waals surface area contributed by atoms with Gasteiger partial charge in [0.25, 0.3) is 0 Å². The fourth-order valence-electron chi connectivity index (χ4n) is 1.71. The topological polar surface area (TPSA) is 28.7 Å². The zero-order valence-corrected chi connectivity index (χ0v) is 11.6. The van der Waals surface area contributed by atoms with E-state index in [-0.39, 0.29) is 0 Å². The van der Waals surface area contributed by atoms with Crippen molar-refractivity contribution in [3.8, 4) is 0 Å². The summed E-state index contributed by atoms with van der Waals surface area (Å²) >= 11 is 7.43. The van der Waals surface area contributed by atoms with Crippen molar-refractivity contribution in [3.05, 3.63) is 23.8 Å². The first-order valence-corrected chi connectivity index (χ1v) is 7.47. The quantitative estimate of drug-likeness (QED) is 0.479. The van der Waals surface area contributed by atoms with Crippen molar-refractivity contribution in [1.29, 1.82) is 0 Å². The summed E-state index contributed by atoms with van der Waals surface area (Å²) in [6.45, 7) is 2.10. The molecule has 17 heavy (non-hydrogen) atoms. The molecule has 0 bridgehead atoms. The molecule has 2 nitrogen and oxygen atoms in total. The summed E-state index contributed by atoms with van der Waals surface area (Å²) < 4.78 is 0. The molecule has 0 saturated heterocycles. The Kier molecular flexibility index (Phi) is 4.75. The fourth-order valence-corrected chi connectivity index (χ4v) is 2.79. The van der Waals surface area contributed by atoms with Crippen LogP contribution in [-0.4, -0.2) is 21.6 Å². The Labute approximate surface area is 111 Å². The lowest BCUT2D eigenvalue weighted by Crippen LogP contribution is -1.83.